The van der Waals surface area contributed by atoms with Crippen LogP contribution in [0.15, 0.2) is 6.20 Å². The first kappa shape index (κ1) is 13.4. The average molecular weight is 231 g/mol. The molecule has 0 aromatic carbocycles. The molecule has 1 amide bonds. The van der Waals surface area contributed by atoms with E-state index < -0.39 is 0 Å². The molecule has 1 aromatic heterocycles. The van der Waals surface area contributed by atoms with E-state index in [9.17, 15) is 4.79 Å². The Balaban J connectivity index is 0.00000112. The summed E-state index contributed by atoms with van der Waals surface area (Å²) in [5.41, 5.74) is 0. The van der Waals surface area contributed by atoms with Crippen LogP contribution in [0.25, 0.3) is 0 Å². The second-order valence-electron chi connectivity index (χ2n) is 3.70. The third-order valence-electron chi connectivity index (χ3n) is 2.80. The van der Waals surface area contributed by atoms with E-state index in [0.717, 1.165) is 31.8 Å². The molecule has 4 nitrogen and oxygen atoms in total. The summed E-state index contributed by atoms with van der Waals surface area (Å²) in [6.07, 6.45) is 6.51. The number of rotatable bonds is 1. The van der Waals surface area contributed by atoms with E-state index in [1.165, 1.54) is 0 Å². The van der Waals surface area contributed by atoms with Gasteiger partial charge < -0.3 is 14.9 Å². The number of carbonyl (C=O) groups is 1. The molecule has 1 fully saturated rings. The maximum Gasteiger partial charge on any atom is 1.00 e. The number of amides is 1. The van der Waals surface area contributed by atoms with Crippen molar-refractivity contribution in [1.29, 1.82) is 0 Å². The molecule has 0 bridgehead atoms. The fourth-order valence-electron chi connectivity index (χ4n) is 1.92. The standard InChI is InChI=1S/C10H14N3O.K/c1-8(14)13-6-2-9(3-7-13)10-11-4-5-12-10;/h4,9H,2-3,6-7H2,1H3,(H,11,12);/q-1;+1. The Hall–Kier alpha value is 0.316. The van der Waals surface area contributed by atoms with Crippen molar-refractivity contribution >= 4 is 5.91 Å². The van der Waals surface area contributed by atoms with E-state index in [0.29, 0.717) is 5.92 Å². The second-order valence-corrected chi connectivity index (χ2v) is 3.70. The third kappa shape index (κ3) is 3.39. The molecule has 0 saturated carbocycles. The number of hydrogen-bond acceptors (Lipinski definition) is 2. The third-order valence-corrected chi connectivity index (χ3v) is 2.80. The molecular formula is C10H14KN3O. The minimum Gasteiger partial charge on any atom is -0.442 e. The van der Waals surface area contributed by atoms with Crippen LogP contribution in [0.3, 0.4) is 0 Å². The van der Waals surface area contributed by atoms with Gasteiger partial charge in [0.2, 0.25) is 5.91 Å². The number of nitrogens with one attached hydrogen (secondary N) is 1. The number of likely N-dealkylation sites (tertiary alicyclic amines) is 1. The number of aromatic nitrogens is 2. The molecule has 0 atom stereocenters. The molecule has 2 rings (SSSR count). The average Bonchev–Trinajstić information content (AvgIpc) is 2.71. The van der Waals surface area contributed by atoms with Crippen molar-refractivity contribution in [2.75, 3.05) is 13.1 Å². The van der Waals surface area contributed by atoms with Crippen LogP contribution in [0.2, 0.25) is 0 Å². The van der Waals surface area contributed by atoms with Crippen molar-refractivity contribution in [2.45, 2.75) is 25.7 Å². The molecule has 1 N–H and O–H groups in total. The molecule has 0 unspecified atom stereocenters. The van der Waals surface area contributed by atoms with Crippen molar-refractivity contribution in [2.24, 2.45) is 0 Å². The van der Waals surface area contributed by atoms with Crippen molar-refractivity contribution < 1.29 is 56.2 Å². The molecule has 0 spiro atoms. The number of nitrogens with zero attached hydrogens (tertiary/aromatic N) is 2. The van der Waals surface area contributed by atoms with Crippen molar-refractivity contribution in [3.63, 3.8) is 0 Å². The molecule has 5 heteroatoms. The van der Waals surface area contributed by atoms with Crippen LogP contribution < -0.4 is 51.4 Å². The van der Waals surface area contributed by atoms with E-state index in [1.54, 1.807) is 13.1 Å². The van der Waals surface area contributed by atoms with Gasteiger partial charge in [-0.1, -0.05) is 6.20 Å². The minimum absolute atomic E-state index is 0. The quantitative estimate of drug-likeness (QED) is 0.446. The van der Waals surface area contributed by atoms with Gasteiger partial charge in [-0.05, 0) is 24.6 Å². The van der Waals surface area contributed by atoms with Crippen LogP contribution in [0.5, 0.6) is 0 Å². The maximum absolute atomic E-state index is 11.1. The van der Waals surface area contributed by atoms with Gasteiger partial charge in [0.25, 0.3) is 0 Å². The number of H-pyrrole nitrogens is 1. The number of hydrogen-bond donors (Lipinski definition) is 1. The van der Waals surface area contributed by atoms with Crippen LogP contribution in [-0.4, -0.2) is 33.9 Å². The first-order valence-electron chi connectivity index (χ1n) is 4.94. The molecule has 0 radical (unpaired) electrons. The van der Waals surface area contributed by atoms with Gasteiger partial charge in [0, 0.05) is 20.0 Å². The molecule has 1 aromatic rings. The van der Waals surface area contributed by atoms with E-state index >= 15 is 0 Å². The summed E-state index contributed by atoms with van der Waals surface area (Å²) in [5, 5.41) is 0. The topological polar surface area (TPSA) is 49.0 Å². The Bertz CT molecular complexity index is 304. The first-order chi connectivity index (χ1) is 6.77. The molecular weight excluding hydrogens is 217 g/mol. The molecule has 2 heterocycles. The van der Waals surface area contributed by atoms with Gasteiger partial charge >= 0.3 is 51.4 Å². The fourth-order valence-corrected chi connectivity index (χ4v) is 1.92. The summed E-state index contributed by atoms with van der Waals surface area (Å²) in [4.78, 5) is 20.2. The molecule has 76 valence electrons. The van der Waals surface area contributed by atoms with Gasteiger partial charge in [-0.2, -0.15) is 0 Å². The SMILES string of the molecule is CC(=O)N1CCC(c2n[c-]c[nH]2)CC1.[K+]. The summed E-state index contributed by atoms with van der Waals surface area (Å²) in [5.74, 6) is 1.65. The van der Waals surface area contributed by atoms with Gasteiger partial charge in [-0.15, -0.1) is 6.20 Å². The number of piperidine rings is 1. The number of imidazole rings is 1. The molecule has 1 aliphatic rings. The van der Waals surface area contributed by atoms with Crippen LogP contribution >= 0.6 is 0 Å². The Morgan fingerprint density at radius 3 is 2.73 bits per heavy atom. The fraction of sp³-hybridized carbons (Fsp3) is 0.600. The maximum atomic E-state index is 11.1. The molecule has 15 heavy (non-hydrogen) atoms. The Morgan fingerprint density at radius 1 is 1.60 bits per heavy atom. The van der Waals surface area contributed by atoms with Crippen LogP contribution in [0, 0.1) is 6.20 Å². The Morgan fingerprint density at radius 2 is 2.27 bits per heavy atom. The summed E-state index contributed by atoms with van der Waals surface area (Å²) in [7, 11) is 0. The van der Waals surface area contributed by atoms with E-state index in [4.69, 9.17) is 0 Å². The van der Waals surface area contributed by atoms with Crippen molar-refractivity contribution in [1.82, 2.24) is 14.9 Å². The summed E-state index contributed by atoms with van der Waals surface area (Å²) in [6.45, 7) is 3.32. The molecule has 1 aliphatic heterocycles. The van der Waals surface area contributed by atoms with Gasteiger partial charge in [0.05, 0.1) is 0 Å². The molecule has 1 saturated heterocycles. The van der Waals surface area contributed by atoms with Gasteiger partial charge in [0.1, 0.15) is 0 Å². The predicted octanol–water partition coefficient (Wildman–Crippen LogP) is -2.06. The van der Waals surface area contributed by atoms with E-state index in [1.807, 2.05) is 4.90 Å². The van der Waals surface area contributed by atoms with Crippen molar-refractivity contribution in [3.05, 3.63) is 18.2 Å². The van der Waals surface area contributed by atoms with Gasteiger partial charge in [0.15, 0.2) is 0 Å². The van der Waals surface area contributed by atoms with Crippen LogP contribution in [-0.2, 0) is 4.79 Å². The predicted molar refractivity (Wildman–Crippen MR) is 51.7 cm³/mol. The van der Waals surface area contributed by atoms with E-state index in [-0.39, 0.29) is 57.3 Å². The van der Waals surface area contributed by atoms with Crippen LogP contribution in [0.1, 0.15) is 31.5 Å². The van der Waals surface area contributed by atoms with Crippen LogP contribution in [0.4, 0.5) is 0 Å². The van der Waals surface area contributed by atoms with Gasteiger partial charge in [-0.3, -0.25) is 4.79 Å². The molecule has 0 aliphatic carbocycles. The zero-order valence-electron chi connectivity index (χ0n) is 9.29. The Labute approximate surface area is 132 Å². The summed E-state index contributed by atoms with van der Waals surface area (Å²) >= 11 is 0. The van der Waals surface area contributed by atoms with Crippen molar-refractivity contribution in [3.8, 4) is 0 Å². The zero-order chi connectivity index (χ0) is 9.97. The monoisotopic (exact) mass is 231 g/mol. The van der Waals surface area contributed by atoms with E-state index in [2.05, 4.69) is 16.2 Å². The number of aromatic amines is 1. The normalized spacial score (nSPS) is 17.3. The second kappa shape index (κ2) is 6.15. The first-order valence-corrected chi connectivity index (χ1v) is 4.94. The smallest absolute Gasteiger partial charge is 0.442 e. The van der Waals surface area contributed by atoms with Gasteiger partial charge in [-0.25, -0.2) is 0 Å². The minimum atomic E-state index is 0. The summed E-state index contributed by atoms with van der Waals surface area (Å²) < 4.78 is 0. The zero-order valence-corrected chi connectivity index (χ0v) is 12.4. The Kier molecular flexibility index (Phi) is 5.49. The number of carbonyl (C=O) groups excluding carboxylic acids is 1. The summed E-state index contributed by atoms with van der Waals surface area (Å²) in [6, 6.07) is 0. The largest absolute Gasteiger partial charge is 1.00 e.